The molecule has 1 aromatic heterocycles. The molecule has 0 aliphatic carbocycles. The van der Waals surface area contributed by atoms with Gasteiger partial charge < -0.3 is 15.0 Å². The number of benzene rings is 1. The molecule has 2 heterocycles. The quantitative estimate of drug-likeness (QED) is 0.935. The van der Waals surface area contributed by atoms with E-state index in [0.29, 0.717) is 37.6 Å². The topological polar surface area (TPSA) is 67.4 Å². The Kier molecular flexibility index (Phi) is 4.24. The van der Waals surface area contributed by atoms with E-state index in [0.717, 1.165) is 5.69 Å². The number of nitrogens with one attached hydrogen (secondary N) is 1. The van der Waals surface area contributed by atoms with Crippen LogP contribution in [0.1, 0.15) is 10.4 Å². The SMILES string of the molecule is O=C(Nc1cc(F)cc(N2CCOCC2)c1)c1ccnnc1. The third kappa shape index (κ3) is 3.37. The third-order valence-electron chi connectivity index (χ3n) is 3.36. The number of ether oxygens (including phenoxy) is 1. The van der Waals surface area contributed by atoms with E-state index in [1.165, 1.54) is 24.5 Å². The predicted octanol–water partition coefficient (Wildman–Crippen LogP) is 1.70. The lowest BCUT2D eigenvalue weighted by Gasteiger charge is -2.29. The molecule has 1 aliphatic heterocycles. The molecule has 6 nitrogen and oxygen atoms in total. The van der Waals surface area contributed by atoms with Crippen LogP contribution in [0.15, 0.2) is 36.7 Å². The van der Waals surface area contributed by atoms with Gasteiger partial charge in [-0.25, -0.2) is 4.39 Å². The van der Waals surface area contributed by atoms with Gasteiger partial charge >= 0.3 is 0 Å². The van der Waals surface area contributed by atoms with Gasteiger partial charge in [-0.3, -0.25) is 4.79 Å². The second kappa shape index (κ2) is 6.48. The number of morpholine rings is 1. The van der Waals surface area contributed by atoms with Crippen LogP contribution in [0.4, 0.5) is 15.8 Å². The van der Waals surface area contributed by atoms with Crippen LogP contribution >= 0.6 is 0 Å². The standard InChI is InChI=1S/C15H15FN4O2/c16-12-7-13(19-15(21)11-1-2-17-18-10-11)9-14(8-12)20-3-5-22-6-4-20/h1-2,7-10H,3-6H2,(H,19,21). The normalized spacial score (nSPS) is 14.7. The van der Waals surface area contributed by atoms with E-state index in [9.17, 15) is 9.18 Å². The van der Waals surface area contributed by atoms with Crippen molar-refractivity contribution in [3.8, 4) is 0 Å². The molecule has 114 valence electrons. The van der Waals surface area contributed by atoms with Gasteiger partial charge in [-0.1, -0.05) is 0 Å². The van der Waals surface area contributed by atoms with Crippen LogP contribution in [0.3, 0.4) is 0 Å². The maximum absolute atomic E-state index is 13.8. The van der Waals surface area contributed by atoms with Gasteiger partial charge in [-0.05, 0) is 24.3 Å². The lowest BCUT2D eigenvalue weighted by atomic mass is 10.2. The fourth-order valence-corrected chi connectivity index (χ4v) is 2.28. The highest BCUT2D eigenvalue weighted by Crippen LogP contribution is 2.23. The maximum Gasteiger partial charge on any atom is 0.257 e. The molecule has 0 saturated carbocycles. The molecule has 3 rings (SSSR count). The number of hydrogen-bond acceptors (Lipinski definition) is 5. The van der Waals surface area contributed by atoms with Crippen molar-refractivity contribution in [2.24, 2.45) is 0 Å². The summed E-state index contributed by atoms with van der Waals surface area (Å²) < 4.78 is 19.1. The summed E-state index contributed by atoms with van der Waals surface area (Å²) in [5, 5.41) is 9.94. The van der Waals surface area contributed by atoms with E-state index in [1.807, 2.05) is 4.90 Å². The first-order valence-corrected chi connectivity index (χ1v) is 6.94. The lowest BCUT2D eigenvalue weighted by molar-refractivity contribution is 0.102. The van der Waals surface area contributed by atoms with Crippen molar-refractivity contribution in [1.29, 1.82) is 0 Å². The second-order valence-corrected chi connectivity index (χ2v) is 4.88. The number of aromatic nitrogens is 2. The van der Waals surface area contributed by atoms with E-state index in [2.05, 4.69) is 15.5 Å². The van der Waals surface area contributed by atoms with Gasteiger partial charge in [0.05, 0.1) is 31.2 Å². The lowest BCUT2D eigenvalue weighted by Crippen LogP contribution is -2.36. The molecule has 22 heavy (non-hydrogen) atoms. The highest BCUT2D eigenvalue weighted by Gasteiger charge is 2.14. The average Bonchev–Trinajstić information content (AvgIpc) is 2.56. The van der Waals surface area contributed by atoms with Gasteiger partial charge in [0, 0.05) is 24.5 Å². The minimum atomic E-state index is -0.396. The van der Waals surface area contributed by atoms with E-state index < -0.39 is 5.82 Å². The van der Waals surface area contributed by atoms with E-state index >= 15 is 0 Å². The van der Waals surface area contributed by atoms with Gasteiger partial charge in [0.15, 0.2) is 0 Å². The Morgan fingerprint density at radius 2 is 2.05 bits per heavy atom. The summed E-state index contributed by atoms with van der Waals surface area (Å²) in [6.45, 7) is 2.62. The van der Waals surface area contributed by atoms with Crippen LogP contribution in [0.2, 0.25) is 0 Å². The van der Waals surface area contributed by atoms with E-state index in [-0.39, 0.29) is 5.91 Å². The zero-order valence-corrected chi connectivity index (χ0v) is 11.8. The van der Waals surface area contributed by atoms with E-state index in [4.69, 9.17) is 4.74 Å². The molecule has 1 saturated heterocycles. The molecular weight excluding hydrogens is 287 g/mol. The van der Waals surface area contributed by atoms with Crippen LogP contribution in [-0.4, -0.2) is 42.4 Å². The first-order valence-electron chi connectivity index (χ1n) is 6.94. The summed E-state index contributed by atoms with van der Waals surface area (Å²) in [6, 6.07) is 6.04. The largest absolute Gasteiger partial charge is 0.378 e. The molecule has 0 radical (unpaired) electrons. The van der Waals surface area contributed by atoms with Crippen LogP contribution in [-0.2, 0) is 4.74 Å². The number of amides is 1. The van der Waals surface area contributed by atoms with Gasteiger partial charge in [0.25, 0.3) is 5.91 Å². The highest BCUT2D eigenvalue weighted by molar-refractivity contribution is 6.04. The number of carbonyl (C=O) groups excluding carboxylic acids is 1. The summed E-state index contributed by atoms with van der Waals surface area (Å²) in [5.74, 6) is -0.749. The molecule has 7 heteroatoms. The Labute approximate surface area is 126 Å². The van der Waals surface area contributed by atoms with Crippen molar-refractivity contribution in [3.05, 3.63) is 48.0 Å². The minimum Gasteiger partial charge on any atom is -0.378 e. The Morgan fingerprint density at radius 1 is 1.23 bits per heavy atom. The Morgan fingerprint density at radius 3 is 2.77 bits per heavy atom. The van der Waals surface area contributed by atoms with Gasteiger partial charge in [0.2, 0.25) is 0 Å². The summed E-state index contributed by atoms with van der Waals surface area (Å²) >= 11 is 0. The van der Waals surface area contributed by atoms with Crippen molar-refractivity contribution >= 4 is 17.3 Å². The predicted molar refractivity (Wildman–Crippen MR) is 79.4 cm³/mol. The van der Waals surface area contributed by atoms with Gasteiger partial charge in [0.1, 0.15) is 5.82 Å². The number of halogens is 1. The zero-order chi connectivity index (χ0) is 15.4. The van der Waals surface area contributed by atoms with Crippen molar-refractivity contribution in [2.75, 3.05) is 36.5 Å². The molecule has 2 aromatic rings. The van der Waals surface area contributed by atoms with Gasteiger partial charge in [-0.2, -0.15) is 10.2 Å². The molecule has 0 atom stereocenters. The monoisotopic (exact) mass is 302 g/mol. The molecule has 1 N–H and O–H groups in total. The molecular formula is C15H15FN4O2. The summed E-state index contributed by atoms with van der Waals surface area (Å²) in [5.41, 5.74) is 1.50. The zero-order valence-electron chi connectivity index (χ0n) is 11.8. The fraction of sp³-hybridized carbons (Fsp3) is 0.267. The molecule has 1 amide bonds. The smallest absolute Gasteiger partial charge is 0.257 e. The Bertz CT molecular complexity index is 660. The summed E-state index contributed by atoms with van der Waals surface area (Å²) in [4.78, 5) is 14.1. The molecule has 0 spiro atoms. The van der Waals surface area contributed by atoms with Gasteiger partial charge in [-0.15, -0.1) is 0 Å². The van der Waals surface area contributed by atoms with Crippen molar-refractivity contribution in [1.82, 2.24) is 10.2 Å². The number of hydrogen-bond donors (Lipinski definition) is 1. The fourth-order valence-electron chi connectivity index (χ4n) is 2.28. The molecule has 1 aliphatic rings. The number of nitrogens with zero attached hydrogens (tertiary/aromatic N) is 3. The number of anilines is 2. The minimum absolute atomic E-state index is 0.353. The first-order chi connectivity index (χ1) is 10.7. The van der Waals surface area contributed by atoms with Crippen LogP contribution in [0.5, 0.6) is 0 Å². The summed E-state index contributed by atoms with van der Waals surface area (Å²) in [6.07, 6.45) is 2.79. The second-order valence-electron chi connectivity index (χ2n) is 4.88. The van der Waals surface area contributed by atoms with Crippen molar-refractivity contribution < 1.29 is 13.9 Å². The highest BCUT2D eigenvalue weighted by atomic mass is 19.1. The number of rotatable bonds is 3. The first kappa shape index (κ1) is 14.4. The van der Waals surface area contributed by atoms with Crippen molar-refractivity contribution in [2.45, 2.75) is 0 Å². The molecule has 1 fully saturated rings. The van der Waals surface area contributed by atoms with Crippen LogP contribution < -0.4 is 10.2 Å². The van der Waals surface area contributed by atoms with Crippen LogP contribution in [0, 0.1) is 5.82 Å². The maximum atomic E-state index is 13.8. The molecule has 0 unspecified atom stereocenters. The van der Waals surface area contributed by atoms with E-state index in [1.54, 1.807) is 12.1 Å². The average molecular weight is 302 g/mol. The Hall–Kier alpha value is -2.54. The Balaban J connectivity index is 1.79. The third-order valence-corrected chi connectivity index (χ3v) is 3.36. The molecule has 0 bridgehead atoms. The van der Waals surface area contributed by atoms with Crippen LogP contribution in [0.25, 0.3) is 0 Å². The number of carbonyl (C=O) groups is 1. The molecule has 1 aromatic carbocycles. The van der Waals surface area contributed by atoms with Crippen molar-refractivity contribution in [3.63, 3.8) is 0 Å². The summed E-state index contributed by atoms with van der Waals surface area (Å²) in [7, 11) is 0.